The zero-order valence-electron chi connectivity index (χ0n) is 15.3. The van der Waals surface area contributed by atoms with Crippen LogP contribution in [0.15, 0.2) is 41.4 Å². The standard InChI is InChI=1S/C19H30N4S.HI/c1-3-20-19(21-12-4-7-15-24-2)22-16-17-8-10-18(11-9-17)23-13-5-6-14-23;/h5-6,8-11H,3-4,7,12-16H2,1-2H3,(H2,20,21,22);1H. The lowest BCUT2D eigenvalue weighted by Crippen LogP contribution is -2.37. The number of hydrogen-bond donors (Lipinski definition) is 2. The minimum atomic E-state index is 0. The van der Waals surface area contributed by atoms with Gasteiger partial charge in [-0.3, -0.25) is 0 Å². The minimum absolute atomic E-state index is 0. The highest BCUT2D eigenvalue weighted by Crippen LogP contribution is 2.17. The van der Waals surface area contributed by atoms with E-state index in [1.54, 1.807) is 0 Å². The van der Waals surface area contributed by atoms with Gasteiger partial charge in [0.05, 0.1) is 6.54 Å². The first-order valence-electron chi connectivity index (χ1n) is 8.83. The van der Waals surface area contributed by atoms with Gasteiger partial charge in [0.25, 0.3) is 0 Å². The smallest absolute Gasteiger partial charge is 0.191 e. The van der Waals surface area contributed by atoms with Crippen LogP contribution in [0.25, 0.3) is 0 Å². The van der Waals surface area contributed by atoms with Gasteiger partial charge >= 0.3 is 0 Å². The number of aliphatic imine (C=N–C) groups is 1. The zero-order chi connectivity index (χ0) is 17.0. The maximum atomic E-state index is 4.69. The van der Waals surface area contributed by atoms with Crippen LogP contribution in [-0.4, -0.2) is 44.1 Å². The van der Waals surface area contributed by atoms with E-state index in [1.807, 2.05) is 11.8 Å². The molecular weight excluding hydrogens is 443 g/mol. The van der Waals surface area contributed by atoms with E-state index >= 15 is 0 Å². The van der Waals surface area contributed by atoms with Crippen molar-refractivity contribution in [3.8, 4) is 0 Å². The second kappa shape index (κ2) is 13.3. The summed E-state index contributed by atoms with van der Waals surface area (Å²) in [4.78, 5) is 7.05. The van der Waals surface area contributed by atoms with E-state index in [2.05, 4.69) is 65.1 Å². The molecule has 1 aliphatic rings. The van der Waals surface area contributed by atoms with Gasteiger partial charge < -0.3 is 15.5 Å². The highest BCUT2D eigenvalue weighted by Gasteiger charge is 2.06. The van der Waals surface area contributed by atoms with E-state index in [1.165, 1.54) is 29.8 Å². The number of unbranched alkanes of at least 4 members (excludes halogenated alkanes) is 1. The SMILES string of the molecule is CCNC(=NCc1ccc(N2CC=CC2)cc1)NCCCCSC.I. The summed E-state index contributed by atoms with van der Waals surface area (Å²) in [7, 11) is 0. The van der Waals surface area contributed by atoms with Gasteiger partial charge in [-0.15, -0.1) is 24.0 Å². The fraction of sp³-hybridized carbons (Fsp3) is 0.526. The summed E-state index contributed by atoms with van der Waals surface area (Å²) in [6, 6.07) is 8.75. The average molecular weight is 474 g/mol. The maximum absolute atomic E-state index is 4.69. The van der Waals surface area contributed by atoms with Gasteiger partial charge in [0.15, 0.2) is 5.96 Å². The molecule has 0 unspecified atom stereocenters. The summed E-state index contributed by atoms with van der Waals surface area (Å²) < 4.78 is 0. The molecule has 1 aromatic rings. The molecular formula is C19H31IN4S. The molecule has 2 N–H and O–H groups in total. The van der Waals surface area contributed by atoms with Crippen LogP contribution >= 0.6 is 35.7 Å². The van der Waals surface area contributed by atoms with Crippen LogP contribution in [0, 0.1) is 0 Å². The van der Waals surface area contributed by atoms with Gasteiger partial charge in [0, 0.05) is 31.9 Å². The Morgan fingerprint density at radius 2 is 1.84 bits per heavy atom. The van der Waals surface area contributed by atoms with Crippen molar-refractivity contribution in [2.24, 2.45) is 4.99 Å². The monoisotopic (exact) mass is 474 g/mol. The lowest BCUT2D eigenvalue weighted by Gasteiger charge is -2.17. The molecule has 0 aliphatic carbocycles. The van der Waals surface area contributed by atoms with Crippen LogP contribution in [0.1, 0.15) is 25.3 Å². The first-order chi connectivity index (χ1) is 11.8. The number of nitrogens with one attached hydrogen (secondary N) is 2. The van der Waals surface area contributed by atoms with E-state index in [9.17, 15) is 0 Å². The molecule has 1 aliphatic heterocycles. The lowest BCUT2D eigenvalue weighted by molar-refractivity contribution is 0.734. The third kappa shape index (κ3) is 8.35. The van der Waals surface area contributed by atoms with E-state index in [0.29, 0.717) is 6.54 Å². The van der Waals surface area contributed by atoms with Gasteiger partial charge in [-0.25, -0.2) is 4.99 Å². The van der Waals surface area contributed by atoms with Crippen molar-refractivity contribution in [2.75, 3.05) is 43.1 Å². The third-order valence-electron chi connectivity index (χ3n) is 3.95. The Kier molecular flexibility index (Phi) is 11.8. The molecule has 2 rings (SSSR count). The number of nitrogens with zero attached hydrogens (tertiary/aromatic N) is 2. The fourth-order valence-electron chi connectivity index (χ4n) is 2.59. The zero-order valence-corrected chi connectivity index (χ0v) is 18.5. The van der Waals surface area contributed by atoms with Crippen molar-refractivity contribution in [1.82, 2.24) is 10.6 Å². The molecule has 1 heterocycles. The first-order valence-corrected chi connectivity index (χ1v) is 10.2. The van der Waals surface area contributed by atoms with Gasteiger partial charge in [-0.2, -0.15) is 11.8 Å². The Morgan fingerprint density at radius 3 is 2.48 bits per heavy atom. The second-order valence-corrected chi connectivity index (χ2v) is 6.85. The molecule has 0 amide bonds. The van der Waals surface area contributed by atoms with Crippen LogP contribution in [0.2, 0.25) is 0 Å². The van der Waals surface area contributed by atoms with Crippen molar-refractivity contribution < 1.29 is 0 Å². The second-order valence-electron chi connectivity index (χ2n) is 5.86. The van der Waals surface area contributed by atoms with Gasteiger partial charge in [0.2, 0.25) is 0 Å². The largest absolute Gasteiger partial charge is 0.364 e. The first kappa shape index (κ1) is 22.2. The van der Waals surface area contributed by atoms with Gasteiger partial charge in [0.1, 0.15) is 0 Å². The van der Waals surface area contributed by atoms with Gasteiger partial charge in [-0.1, -0.05) is 24.3 Å². The molecule has 0 atom stereocenters. The number of benzene rings is 1. The quantitative estimate of drug-likeness (QED) is 0.187. The molecule has 1 aromatic carbocycles. The van der Waals surface area contributed by atoms with Crippen LogP contribution in [0.3, 0.4) is 0 Å². The van der Waals surface area contributed by atoms with E-state index in [4.69, 9.17) is 4.99 Å². The molecule has 0 aromatic heterocycles. The van der Waals surface area contributed by atoms with Crippen molar-refractivity contribution in [3.63, 3.8) is 0 Å². The van der Waals surface area contributed by atoms with E-state index in [0.717, 1.165) is 32.1 Å². The van der Waals surface area contributed by atoms with Crippen molar-refractivity contribution in [1.29, 1.82) is 0 Å². The maximum Gasteiger partial charge on any atom is 0.191 e. The summed E-state index contributed by atoms with van der Waals surface area (Å²) >= 11 is 1.91. The molecule has 0 bridgehead atoms. The third-order valence-corrected chi connectivity index (χ3v) is 4.65. The normalized spacial score (nSPS) is 13.7. The summed E-state index contributed by atoms with van der Waals surface area (Å²) in [5.41, 5.74) is 2.53. The van der Waals surface area contributed by atoms with Crippen LogP contribution in [0.4, 0.5) is 5.69 Å². The number of anilines is 1. The van der Waals surface area contributed by atoms with Crippen molar-refractivity contribution in [2.45, 2.75) is 26.3 Å². The number of thioether (sulfide) groups is 1. The highest BCUT2D eigenvalue weighted by atomic mass is 127. The Hall–Kier alpha value is -0.890. The molecule has 140 valence electrons. The van der Waals surface area contributed by atoms with Crippen molar-refractivity contribution >= 4 is 47.4 Å². The summed E-state index contributed by atoms with van der Waals surface area (Å²) in [5.74, 6) is 2.14. The minimum Gasteiger partial charge on any atom is -0.364 e. The van der Waals surface area contributed by atoms with E-state index in [-0.39, 0.29) is 24.0 Å². The van der Waals surface area contributed by atoms with E-state index < -0.39 is 0 Å². The van der Waals surface area contributed by atoms with Gasteiger partial charge in [-0.05, 0) is 49.5 Å². The number of guanidine groups is 1. The molecule has 0 saturated heterocycles. The molecule has 0 saturated carbocycles. The topological polar surface area (TPSA) is 39.7 Å². The number of hydrogen-bond acceptors (Lipinski definition) is 3. The Balaban J connectivity index is 0.00000312. The summed E-state index contributed by atoms with van der Waals surface area (Å²) in [6.07, 6.45) is 9.02. The average Bonchev–Trinajstić information content (AvgIpc) is 3.14. The molecule has 4 nitrogen and oxygen atoms in total. The Morgan fingerprint density at radius 1 is 1.12 bits per heavy atom. The molecule has 25 heavy (non-hydrogen) atoms. The number of halogens is 1. The Labute approximate surface area is 174 Å². The predicted octanol–water partition coefficient (Wildman–Crippen LogP) is 3.88. The molecule has 0 radical (unpaired) electrons. The Bertz CT molecular complexity index is 523. The van der Waals surface area contributed by atoms with Crippen molar-refractivity contribution in [3.05, 3.63) is 42.0 Å². The predicted molar refractivity (Wildman–Crippen MR) is 124 cm³/mol. The van der Waals surface area contributed by atoms with Crippen LogP contribution in [0.5, 0.6) is 0 Å². The van der Waals surface area contributed by atoms with Crippen LogP contribution < -0.4 is 15.5 Å². The number of rotatable bonds is 9. The summed E-state index contributed by atoms with van der Waals surface area (Å²) in [5, 5.41) is 6.74. The lowest BCUT2D eigenvalue weighted by atomic mass is 10.2. The molecule has 0 fully saturated rings. The molecule has 0 spiro atoms. The summed E-state index contributed by atoms with van der Waals surface area (Å²) in [6.45, 7) is 6.71. The highest BCUT2D eigenvalue weighted by molar-refractivity contribution is 14.0. The molecule has 6 heteroatoms. The fourth-order valence-corrected chi connectivity index (χ4v) is 3.08. The van der Waals surface area contributed by atoms with Crippen LogP contribution in [-0.2, 0) is 6.54 Å².